The molecule has 1 rings (SSSR count). The van der Waals surface area contributed by atoms with Crippen LogP contribution >= 0.6 is 0 Å². The van der Waals surface area contributed by atoms with Crippen molar-refractivity contribution in [1.82, 2.24) is 10.2 Å². The van der Waals surface area contributed by atoms with Gasteiger partial charge in [0.2, 0.25) is 0 Å². The molecule has 0 atom stereocenters. The molecule has 0 unspecified atom stereocenters. The van der Waals surface area contributed by atoms with Gasteiger partial charge >= 0.3 is 12.2 Å². The summed E-state index contributed by atoms with van der Waals surface area (Å²) in [6.07, 6.45) is -2.51. The van der Waals surface area contributed by atoms with Gasteiger partial charge in [0.15, 0.2) is 5.82 Å². The maximum Gasteiger partial charge on any atom is 0.425 e. The van der Waals surface area contributed by atoms with Crippen LogP contribution in [0.4, 0.5) is 15.4 Å². The standard InChI is InChI=1S/C13H17N3O4/c1-8(2)9-6-7-10(15-14-9)16(11(17)18)12(19)20-13(3,4)5/h6-7H,1H2,2-5H3,(H,17,18). The molecule has 0 aromatic carbocycles. The maximum atomic E-state index is 11.9. The van der Waals surface area contributed by atoms with Crippen LogP contribution in [0, 0.1) is 0 Å². The highest BCUT2D eigenvalue weighted by Gasteiger charge is 2.29. The van der Waals surface area contributed by atoms with E-state index in [4.69, 9.17) is 9.84 Å². The lowest BCUT2D eigenvalue weighted by Gasteiger charge is -2.23. The van der Waals surface area contributed by atoms with Gasteiger partial charge in [0.25, 0.3) is 0 Å². The molecule has 0 aliphatic rings. The van der Waals surface area contributed by atoms with Crippen molar-refractivity contribution in [2.75, 3.05) is 4.90 Å². The van der Waals surface area contributed by atoms with Crippen molar-refractivity contribution in [3.05, 3.63) is 24.4 Å². The van der Waals surface area contributed by atoms with Gasteiger partial charge in [0.05, 0.1) is 5.69 Å². The molecule has 0 saturated carbocycles. The van der Waals surface area contributed by atoms with Crippen LogP contribution in [0.2, 0.25) is 0 Å². The number of nitrogens with zero attached hydrogens (tertiary/aromatic N) is 3. The molecule has 0 saturated heterocycles. The van der Waals surface area contributed by atoms with Gasteiger partial charge < -0.3 is 9.84 Å². The maximum absolute atomic E-state index is 11.9. The van der Waals surface area contributed by atoms with E-state index in [-0.39, 0.29) is 5.82 Å². The van der Waals surface area contributed by atoms with E-state index in [1.807, 2.05) is 0 Å². The molecule has 1 N–H and O–H groups in total. The van der Waals surface area contributed by atoms with E-state index in [1.165, 1.54) is 12.1 Å². The Labute approximate surface area is 116 Å². The molecule has 0 bridgehead atoms. The second kappa shape index (κ2) is 5.68. The summed E-state index contributed by atoms with van der Waals surface area (Å²) in [5.74, 6) is -0.128. The third-order valence-electron chi connectivity index (χ3n) is 2.08. The number of allylic oxidation sites excluding steroid dienone is 1. The summed E-state index contributed by atoms with van der Waals surface area (Å²) in [7, 11) is 0. The van der Waals surface area contributed by atoms with Crippen LogP contribution < -0.4 is 4.90 Å². The first-order valence-corrected chi connectivity index (χ1v) is 5.87. The molecule has 1 heterocycles. The summed E-state index contributed by atoms with van der Waals surface area (Å²) in [4.78, 5) is 23.4. The van der Waals surface area contributed by atoms with Crippen molar-refractivity contribution in [2.45, 2.75) is 33.3 Å². The fourth-order valence-corrected chi connectivity index (χ4v) is 1.25. The topological polar surface area (TPSA) is 92.6 Å². The lowest BCUT2D eigenvalue weighted by atomic mass is 10.2. The van der Waals surface area contributed by atoms with Crippen molar-refractivity contribution in [3.8, 4) is 0 Å². The SMILES string of the molecule is C=C(C)c1ccc(N(C(=O)O)C(=O)OC(C)(C)C)nn1. The van der Waals surface area contributed by atoms with Crippen molar-refractivity contribution < 1.29 is 19.4 Å². The number of carboxylic acid groups (broad SMARTS) is 1. The van der Waals surface area contributed by atoms with Gasteiger partial charge in [-0.15, -0.1) is 10.2 Å². The smallest absolute Gasteiger partial charge is 0.425 e. The monoisotopic (exact) mass is 279 g/mol. The quantitative estimate of drug-likeness (QED) is 0.894. The molecule has 1 aromatic heterocycles. The predicted molar refractivity (Wildman–Crippen MR) is 73.5 cm³/mol. The predicted octanol–water partition coefficient (Wildman–Crippen LogP) is 2.93. The highest BCUT2D eigenvalue weighted by molar-refractivity contribution is 6.07. The number of hydrogen-bond donors (Lipinski definition) is 1. The first-order chi connectivity index (χ1) is 9.11. The number of anilines is 1. The van der Waals surface area contributed by atoms with E-state index in [1.54, 1.807) is 27.7 Å². The average molecular weight is 279 g/mol. The lowest BCUT2D eigenvalue weighted by Crippen LogP contribution is -2.40. The van der Waals surface area contributed by atoms with Crippen molar-refractivity contribution in [2.24, 2.45) is 0 Å². The fraction of sp³-hybridized carbons (Fsp3) is 0.385. The van der Waals surface area contributed by atoms with E-state index < -0.39 is 17.8 Å². The van der Waals surface area contributed by atoms with Crippen molar-refractivity contribution in [3.63, 3.8) is 0 Å². The number of rotatable bonds is 2. The highest BCUT2D eigenvalue weighted by Crippen LogP contribution is 2.17. The van der Waals surface area contributed by atoms with Crippen LogP contribution in [0.25, 0.3) is 5.57 Å². The zero-order valence-corrected chi connectivity index (χ0v) is 11.9. The molecule has 2 amide bonds. The van der Waals surface area contributed by atoms with Crippen LogP contribution in [0.1, 0.15) is 33.4 Å². The highest BCUT2D eigenvalue weighted by atomic mass is 16.6. The van der Waals surface area contributed by atoms with Gasteiger partial charge in [-0.1, -0.05) is 6.58 Å². The van der Waals surface area contributed by atoms with Gasteiger partial charge in [-0.25, -0.2) is 9.59 Å². The lowest BCUT2D eigenvalue weighted by molar-refractivity contribution is 0.0580. The molecule has 1 aromatic rings. The van der Waals surface area contributed by atoms with Crippen LogP contribution in [-0.4, -0.2) is 33.1 Å². The fourth-order valence-electron chi connectivity index (χ4n) is 1.25. The van der Waals surface area contributed by atoms with E-state index in [0.717, 1.165) is 0 Å². The van der Waals surface area contributed by atoms with Gasteiger partial charge in [0, 0.05) is 0 Å². The molecule has 108 valence electrons. The largest absolute Gasteiger partial charge is 0.464 e. The molecular formula is C13H17N3O4. The Kier molecular flexibility index (Phi) is 4.44. The van der Waals surface area contributed by atoms with Crippen LogP contribution in [0.15, 0.2) is 18.7 Å². The minimum Gasteiger partial charge on any atom is -0.464 e. The Morgan fingerprint density at radius 1 is 1.30 bits per heavy atom. The van der Waals surface area contributed by atoms with Crippen LogP contribution in [-0.2, 0) is 4.74 Å². The molecule has 0 radical (unpaired) electrons. The number of ether oxygens (including phenoxy) is 1. The summed E-state index contributed by atoms with van der Waals surface area (Å²) >= 11 is 0. The first kappa shape index (κ1) is 15.6. The van der Waals surface area contributed by atoms with Crippen molar-refractivity contribution >= 4 is 23.6 Å². The van der Waals surface area contributed by atoms with E-state index in [9.17, 15) is 9.59 Å². The number of carbonyl (C=O) groups excluding carboxylic acids is 1. The minimum absolute atomic E-state index is 0.128. The number of aromatic nitrogens is 2. The third-order valence-corrected chi connectivity index (χ3v) is 2.08. The number of amides is 2. The van der Waals surface area contributed by atoms with E-state index in [2.05, 4.69) is 16.8 Å². The summed E-state index contributed by atoms with van der Waals surface area (Å²) in [5, 5.41) is 16.6. The van der Waals surface area contributed by atoms with E-state index in [0.29, 0.717) is 16.2 Å². The molecule has 7 nitrogen and oxygen atoms in total. The summed E-state index contributed by atoms with van der Waals surface area (Å²) in [5.41, 5.74) is 0.391. The molecule has 0 fully saturated rings. The Balaban J connectivity index is 3.05. The third kappa shape index (κ3) is 4.04. The Morgan fingerprint density at radius 3 is 2.25 bits per heavy atom. The summed E-state index contributed by atoms with van der Waals surface area (Å²) in [6.45, 7) is 10.4. The molecule has 0 aliphatic carbocycles. The summed E-state index contributed by atoms with van der Waals surface area (Å²) in [6, 6.07) is 2.90. The second-order valence-electron chi connectivity index (χ2n) is 5.16. The zero-order valence-electron chi connectivity index (χ0n) is 11.9. The Bertz CT molecular complexity index is 532. The minimum atomic E-state index is -1.49. The van der Waals surface area contributed by atoms with Gasteiger partial charge in [-0.05, 0) is 45.4 Å². The van der Waals surface area contributed by atoms with Crippen molar-refractivity contribution in [1.29, 1.82) is 0 Å². The van der Waals surface area contributed by atoms with Crippen LogP contribution in [0.5, 0.6) is 0 Å². The zero-order chi connectivity index (χ0) is 15.5. The average Bonchev–Trinajstić information content (AvgIpc) is 2.26. The van der Waals surface area contributed by atoms with Gasteiger partial charge in [0.1, 0.15) is 5.60 Å². The Hall–Kier alpha value is -2.44. The molecule has 7 heteroatoms. The first-order valence-electron chi connectivity index (χ1n) is 5.87. The summed E-state index contributed by atoms with van der Waals surface area (Å²) < 4.78 is 5.01. The molecular weight excluding hydrogens is 262 g/mol. The van der Waals surface area contributed by atoms with E-state index >= 15 is 0 Å². The number of carbonyl (C=O) groups is 2. The normalized spacial score (nSPS) is 10.8. The van der Waals surface area contributed by atoms with Crippen LogP contribution in [0.3, 0.4) is 0 Å². The van der Waals surface area contributed by atoms with Gasteiger partial charge in [-0.2, -0.15) is 4.90 Å². The molecule has 20 heavy (non-hydrogen) atoms. The molecule has 0 spiro atoms. The number of imide groups is 1. The second-order valence-corrected chi connectivity index (χ2v) is 5.16. The molecule has 0 aliphatic heterocycles. The van der Waals surface area contributed by atoms with Gasteiger partial charge in [-0.3, -0.25) is 0 Å². The number of hydrogen-bond acceptors (Lipinski definition) is 5. The Morgan fingerprint density at radius 2 is 1.90 bits per heavy atom.